The predicted molar refractivity (Wildman–Crippen MR) is 116 cm³/mol. The molecule has 0 bridgehead atoms. The van der Waals surface area contributed by atoms with Gasteiger partial charge in [0.1, 0.15) is 0 Å². The van der Waals surface area contributed by atoms with Gasteiger partial charge in [-0.2, -0.15) is 0 Å². The summed E-state index contributed by atoms with van der Waals surface area (Å²) < 4.78 is 12.6. The molecule has 1 aromatic heterocycles. The van der Waals surface area contributed by atoms with Crippen molar-refractivity contribution in [1.29, 1.82) is 0 Å². The largest absolute Gasteiger partial charge is 0.454 e. The third-order valence-electron chi connectivity index (χ3n) is 5.20. The van der Waals surface area contributed by atoms with Crippen LogP contribution in [0.2, 0.25) is 0 Å². The Morgan fingerprint density at radius 2 is 1.63 bits per heavy atom. The summed E-state index contributed by atoms with van der Waals surface area (Å²) in [6.07, 6.45) is 0.626. The maximum absolute atomic E-state index is 12.7. The highest BCUT2D eigenvalue weighted by molar-refractivity contribution is 6.00. The maximum Gasteiger partial charge on any atom is 0.338 e. The van der Waals surface area contributed by atoms with Crippen LogP contribution in [0.5, 0.6) is 0 Å². The number of aryl methyl sites for hydroxylation is 1. The summed E-state index contributed by atoms with van der Waals surface area (Å²) >= 11 is 0. The summed E-state index contributed by atoms with van der Waals surface area (Å²) in [7, 11) is 1.65. The van der Waals surface area contributed by atoms with Crippen LogP contribution in [-0.4, -0.2) is 36.6 Å². The number of ether oxygens (including phenoxy) is 2. The average molecular weight is 405 g/mol. The first-order valence-corrected chi connectivity index (χ1v) is 9.99. The van der Waals surface area contributed by atoms with Gasteiger partial charge in [-0.25, -0.2) is 4.79 Å². The van der Waals surface area contributed by atoms with Gasteiger partial charge in [0, 0.05) is 30.6 Å². The molecule has 0 atom stereocenters. The molecule has 3 aromatic rings. The van der Waals surface area contributed by atoms with Crippen molar-refractivity contribution in [2.45, 2.75) is 26.8 Å². The van der Waals surface area contributed by atoms with Crippen LogP contribution >= 0.6 is 0 Å². The molecule has 3 rings (SSSR count). The molecule has 5 heteroatoms. The number of benzene rings is 2. The van der Waals surface area contributed by atoms with E-state index in [1.807, 2.05) is 66.9 Å². The second-order valence-electron chi connectivity index (χ2n) is 7.25. The molecule has 0 N–H and O–H groups in total. The average Bonchev–Trinajstić information content (AvgIpc) is 3.05. The summed E-state index contributed by atoms with van der Waals surface area (Å²) in [4.78, 5) is 25.4. The van der Waals surface area contributed by atoms with Crippen LogP contribution in [0, 0.1) is 13.8 Å². The minimum atomic E-state index is -0.483. The standard InChI is InChI=1S/C25H27NO4/c1-18-15-23(19(2)26(18)13-14-29-3)24(27)17-30-25(28)22-12-8-7-11-21(22)16-20-9-5-4-6-10-20/h4-12,15H,13-14,16-17H2,1-3H3. The van der Waals surface area contributed by atoms with Crippen LogP contribution in [0.4, 0.5) is 0 Å². The van der Waals surface area contributed by atoms with Gasteiger partial charge in [0.15, 0.2) is 6.61 Å². The Hall–Kier alpha value is -3.18. The first-order chi connectivity index (χ1) is 14.5. The van der Waals surface area contributed by atoms with E-state index in [9.17, 15) is 9.59 Å². The Labute approximate surface area is 177 Å². The Kier molecular flexibility index (Phi) is 7.20. The van der Waals surface area contributed by atoms with Crippen molar-refractivity contribution in [2.75, 3.05) is 20.3 Å². The van der Waals surface area contributed by atoms with Crippen molar-refractivity contribution in [1.82, 2.24) is 4.57 Å². The first kappa shape index (κ1) is 21.5. The second kappa shape index (κ2) is 10.0. The molecule has 30 heavy (non-hydrogen) atoms. The van der Waals surface area contributed by atoms with Gasteiger partial charge in [0.25, 0.3) is 0 Å². The molecule has 0 aliphatic heterocycles. The van der Waals surface area contributed by atoms with Gasteiger partial charge in [-0.15, -0.1) is 0 Å². The Morgan fingerprint density at radius 1 is 0.933 bits per heavy atom. The highest BCUT2D eigenvalue weighted by Gasteiger charge is 2.19. The Bertz CT molecular complexity index is 1020. The van der Waals surface area contributed by atoms with Gasteiger partial charge in [-0.1, -0.05) is 48.5 Å². The van der Waals surface area contributed by atoms with Crippen LogP contribution < -0.4 is 0 Å². The fourth-order valence-electron chi connectivity index (χ4n) is 3.59. The van der Waals surface area contributed by atoms with Crippen LogP contribution in [0.25, 0.3) is 0 Å². The molecule has 0 fully saturated rings. The highest BCUT2D eigenvalue weighted by atomic mass is 16.5. The summed E-state index contributed by atoms with van der Waals surface area (Å²) in [5, 5.41) is 0. The molecule has 0 saturated carbocycles. The van der Waals surface area contributed by atoms with Gasteiger partial charge in [-0.05, 0) is 43.5 Å². The summed E-state index contributed by atoms with van der Waals surface area (Å²) in [6, 6.07) is 19.1. The normalized spacial score (nSPS) is 10.8. The molecule has 0 aliphatic rings. The van der Waals surface area contributed by atoms with Crippen LogP contribution in [0.3, 0.4) is 0 Å². The van der Waals surface area contributed by atoms with Gasteiger partial charge in [-0.3, -0.25) is 4.79 Å². The molecule has 0 aliphatic carbocycles. The molecular weight excluding hydrogens is 378 g/mol. The number of Topliss-reactive ketones (excluding diaryl/α,β-unsaturated/α-hetero) is 1. The number of rotatable bonds is 9. The number of methoxy groups -OCH3 is 1. The Balaban J connectivity index is 1.68. The number of hydrogen-bond donors (Lipinski definition) is 0. The van der Waals surface area contributed by atoms with Crippen LogP contribution in [0.15, 0.2) is 60.7 Å². The molecule has 0 radical (unpaired) electrons. The molecular formula is C25H27NO4. The lowest BCUT2D eigenvalue weighted by atomic mass is 10.00. The summed E-state index contributed by atoms with van der Waals surface area (Å²) in [5.41, 5.74) is 4.88. The fourth-order valence-corrected chi connectivity index (χ4v) is 3.59. The van der Waals surface area contributed by atoms with E-state index in [-0.39, 0.29) is 12.4 Å². The zero-order valence-corrected chi connectivity index (χ0v) is 17.7. The van der Waals surface area contributed by atoms with Crippen LogP contribution in [-0.2, 0) is 22.4 Å². The SMILES string of the molecule is COCCn1c(C)cc(C(=O)COC(=O)c2ccccc2Cc2ccccc2)c1C. The van der Waals surface area contributed by atoms with E-state index in [0.29, 0.717) is 30.7 Å². The molecule has 0 unspecified atom stereocenters. The topological polar surface area (TPSA) is 57.5 Å². The van der Waals surface area contributed by atoms with E-state index in [2.05, 4.69) is 0 Å². The van der Waals surface area contributed by atoms with E-state index in [1.165, 1.54) is 0 Å². The van der Waals surface area contributed by atoms with Crippen molar-refractivity contribution in [2.24, 2.45) is 0 Å². The molecule has 2 aromatic carbocycles. The lowest BCUT2D eigenvalue weighted by Gasteiger charge is -2.10. The third kappa shape index (κ3) is 5.05. The molecule has 0 saturated heterocycles. The van der Waals surface area contributed by atoms with Gasteiger partial charge < -0.3 is 14.0 Å². The minimum absolute atomic E-state index is 0.208. The number of nitrogens with zero attached hydrogens (tertiary/aromatic N) is 1. The van der Waals surface area contributed by atoms with E-state index in [0.717, 1.165) is 22.5 Å². The molecule has 1 heterocycles. The van der Waals surface area contributed by atoms with Crippen molar-refractivity contribution in [3.63, 3.8) is 0 Å². The smallest absolute Gasteiger partial charge is 0.338 e. The number of aromatic nitrogens is 1. The van der Waals surface area contributed by atoms with Crippen molar-refractivity contribution in [3.8, 4) is 0 Å². The number of carbonyl (C=O) groups is 2. The monoisotopic (exact) mass is 405 g/mol. The van der Waals surface area contributed by atoms with Crippen LogP contribution in [0.1, 0.15) is 43.2 Å². The molecule has 0 amide bonds. The van der Waals surface area contributed by atoms with Crippen molar-refractivity contribution < 1.29 is 19.1 Å². The fraction of sp³-hybridized carbons (Fsp3) is 0.280. The molecule has 5 nitrogen and oxygen atoms in total. The van der Waals surface area contributed by atoms with E-state index >= 15 is 0 Å². The van der Waals surface area contributed by atoms with E-state index < -0.39 is 5.97 Å². The molecule has 156 valence electrons. The summed E-state index contributed by atoms with van der Waals surface area (Å²) in [5.74, 6) is -0.691. The highest BCUT2D eigenvalue weighted by Crippen LogP contribution is 2.18. The minimum Gasteiger partial charge on any atom is -0.454 e. The third-order valence-corrected chi connectivity index (χ3v) is 5.20. The quantitative estimate of drug-likeness (QED) is 0.392. The zero-order valence-electron chi connectivity index (χ0n) is 17.7. The zero-order chi connectivity index (χ0) is 21.5. The van der Waals surface area contributed by atoms with Crippen molar-refractivity contribution >= 4 is 11.8 Å². The van der Waals surface area contributed by atoms with E-state index in [1.54, 1.807) is 19.2 Å². The maximum atomic E-state index is 12.7. The lowest BCUT2D eigenvalue weighted by Crippen LogP contribution is -2.16. The number of esters is 1. The number of hydrogen-bond acceptors (Lipinski definition) is 4. The van der Waals surface area contributed by atoms with Gasteiger partial charge >= 0.3 is 5.97 Å². The van der Waals surface area contributed by atoms with Gasteiger partial charge in [0.2, 0.25) is 5.78 Å². The first-order valence-electron chi connectivity index (χ1n) is 9.99. The predicted octanol–water partition coefficient (Wildman–Crippen LogP) is 4.38. The van der Waals surface area contributed by atoms with Crippen molar-refractivity contribution in [3.05, 3.63) is 94.3 Å². The Morgan fingerprint density at radius 3 is 2.37 bits per heavy atom. The number of carbonyl (C=O) groups excluding carboxylic acids is 2. The van der Waals surface area contributed by atoms with E-state index in [4.69, 9.17) is 9.47 Å². The number of ketones is 1. The van der Waals surface area contributed by atoms with Gasteiger partial charge in [0.05, 0.1) is 12.2 Å². The summed E-state index contributed by atoms with van der Waals surface area (Å²) in [6.45, 7) is 4.80. The lowest BCUT2D eigenvalue weighted by molar-refractivity contribution is 0.0473. The second-order valence-corrected chi connectivity index (χ2v) is 7.25. The molecule has 0 spiro atoms.